The molecule has 0 bridgehead atoms. The lowest BCUT2D eigenvalue weighted by Gasteiger charge is -2.31. The van der Waals surface area contributed by atoms with Crippen LogP contribution in [0, 0.1) is 16.7 Å². The molecule has 0 aliphatic carbocycles. The smallest absolute Gasteiger partial charge is 0.224 e. The number of hydrogen-bond donors (Lipinski definition) is 0. The van der Waals surface area contributed by atoms with Crippen molar-refractivity contribution in [3.8, 4) is 6.07 Å². The minimum Gasteiger partial charge on any atom is -0.327 e. The van der Waals surface area contributed by atoms with Crippen LogP contribution in [0.5, 0.6) is 0 Å². The maximum Gasteiger partial charge on any atom is 0.224 e. The number of likely N-dealkylation sites (tertiary alicyclic amines) is 1. The Morgan fingerprint density at radius 1 is 1.36 bits per heavy atom. The van der Waals surface area contributed by atoms with Gasteiger partial charge in [0.05, 0.1) is 5.57 Å². The molecule has 1 amide bonds. The Bertz CT molecular complexity index is 754. The van der Waals surface area contributed by atoms with E-state index in [0.29, 0.717) is 13.0 Å². The van der Waals surface area contributed by atoms with Gasteiger partial charge in [-0.2, -0.15) is 17.0 Å². The molecule has 0 spiro atoms. The normalized spacial score (nSPS) is 24.3. The molecule has 0 N–H and O–H groups in total. The number of Topliss-reactive ketones (excluding diaryl/α,β-unsaturated/α-hetero) is 1. The summed E-state index contributed by atoms with van der Waals surface area (Å²) in [4.78, 5) is 27.5. The fraction of sp³-hybridized carbons (Fsp3) is 0.450. The van der Waals surface area contributed by atoms with Crippen molar-refractivity contribution in [3.63, 3.8) is 0 Å². The molecular formula is C20H22N2O2S. The molecule has 4 nitrogen and oxygen atoms in total. The van der Waals surface area contributed by atoms with Crippen LogP contribution in [0.25, 0.3) is 0 Å². The summed E-state index contributed by atoms with van der Waals surface area (Å²) in [5, 5.41) is 9.59. The summed E-state index contributed by atoms with van der Waals surface area (Å²) in [6.45, 7) is 4.30. The lowest BCUT2D eigenvalue weighted by atomic mass is 9.80. The Hall–Kier alpha value is -2.06. The van der Waals surface area contributed by atoms with Gasteiger partial charge in [0, 0.05) is 24.1 Å². The molecule has 2 heterocycles. The standard InChI is InChI=1S/C20H22N2O2S/c1-20(2)10-17(23)22(12-14-6-4-3-5-7-14)19(20)18(24)16(11-21)15-8-9-25-13-15/h3-7,19H,8-10,12-13H2,1-2H3/b16-15+. The van der Waals surface area contributed by atoms with Gasteiger partial charge >= 0.3 is 0 Å². The van der Waals surface area contributed by atoms with E-state index in [0.717, 1.165) is 29.1 Å². The minimum atomic E-state index is -0.576. The largest absolute Gasteiger partial charge is 0.327 e. The van der Waals surface area contributed by atoms with Crippen LogP contribution in [0.1, 0.15) is 32.3 Å². The summed E-state index contributed by atoms with van der Waals surface area (Å²) < 4.78 is 0. The van der Waals surface area contributed by atoms with Gasteiger partial charge in [-0.15, -0.1) is 0 Å². The molecule has 2 aliphatic rings. The Kier molecular flexibility index (Phi) is 5.01. The molecule has 25 heavy (non-hydrogen) atoms. The number of carbonyl (C=O) groups is 2. The highest BCUT2D eigenvalue weighted by molar-refractivity contribution is 7.99. The van der Waals surface area contributed by atoms with Crippen molar-refractivity contribution in [2.24, 2.45) is 5.41 Å². The highest BCUT2D eigenvalue weighted by Gasteiger charge is 2.50. The topological polar surface area (TPSA) is 61.2 Å². The molecule has 5 heteroatoms. The van der Waals surface area contributed by atoms with Crippen LogP contribution >= 0.6 is 11.8 Å². The number of nitriles is 1. The molecule has 0 aromatic heterocycles. The number of carbonyl (C=O) groups excluding carboxylic acids is 2. The average Bonchev–Trinajstić information content (AvgIpc) is 3.16. The van der Waals surface area contributed by atoms with Gasteiger partial charge in [0.15, 0.2) is 5.78 Å². The summed E-state index contributed by atoms with van der Waals surface area (Å²) in [6.07, 6.45) is 1.12. The molecule has 2 fully saturated rings. The van der Waals surface area contributed by atoms with E-state index < -0.39 is 11.5 Å². The van der Waals surface area contributed by atoms with E-state index in [9.17, 15) is 14.9 Å². The van der Waals surface area contributed by atoms with E-state index in [1.54, 1.807) is 16.7 Å². The molecule has 2 aliphatic heterocycles. The van der Waals surface area contributed by atoms with Gasteiger partial charge in [-0.05, 0) is 23.3 Å². The highest BCUT2D eigenvalue weighted by atomic mass is 32.2. The molecule has 3 rings (SSSR count). The lowest BCUT2D eigenvalue weighted by molar-refractivity contribution is -0.134. The van der Waals surface area contributed by atoms with E-state index in [4.69, 9.17) is 0 Å². The van der Waals surface area contributed by atoms with Gasteiger partial charge in [-0.25, -0.2) is 0 Å². The van der Waals surface area contributed by atoms with E-state index in [1.807, 2.05) is 44.2 Å². The third-order valence-electron chi connectivity index (χ3n) is 4.96. The molecule has 1 atom stereocenters. The Morgan fingerprint density at radius 2 is 2.08 bits per heavy atom. The first-order valence-corrected chi connectivity index (χ1v) is 9.67. The number of nitrogens with zero attached hydrogens (tertiary/aromatic N) is 2. The molecule has 2 saturated heterocycles. The molecule has 130 valence electrons. The number of benzene rings is 1. The van der Waals surface area contributed by atoms with Crippen LogP contribution in [-0.4, -0.2) is 34.1 Å². The average molecular weight is 354 g/mol. The monoisotopic (exact) mass is 354 g/mol. The van der Waals surface area contributed by atoms with E-state index in [1.165, 1.54) is 0 Å². The molecule has 0 radical (unpaired) electrons. The third-order valence-corrected chi connectivity index (χ3v) is 6.00. The van der Waals surface area contributed by atoms with Gasteiger partial charge in [-0.1, -0.05) is 44.2 Å². The van der Waals surface area contributed by atoms with Crippen molar-refractivity contribution >= 4 is 23.5 Å². The van der Waals surface area contributed by atoms with Crippen LogP contribution in [0.2, 0.25) is 0 Å². The number of ketones is 1. The van der Waals surface area contributed by atoms with Crippen LogP contribution in [0.15, 0.2) is 41.5 Å². The quantitative estimate of drug-likeness (QED) is 0.614. The van der Waals surface area contributed by atoms with Gasteiger partial charge in [-0.3, -0.25) is 9.59 Å². The summed E-state index contributed by atoms with van der Waals surface area (Å²) in [5.74, 6) is 1.49. The van der Waals surface area contributed by atoms with Crippen molar-refractivity contribution in [1.82, 2.24) is 4.90 Å². The van der Waals surface area contributed by atoms with Crippen molar-refractivity contribution in [3.05, 3.63) is 47.0 Å². The third kappa shape index (κ3) is 3.50. The van der Waals surface area contributed by atoms with Gasteiger partial charge in [0.1, 0.15) is 12.1 Å². The first-order valence-electron chi connectivity index (χ1n) is 8.51. The summed E-state index contributed by atoms with van der Waals surface area (Å²) in [5.41, 5.74) is 1.73. The van der Waals surface area contributed by atoms with Crippen LogP contribution in [-0.2, 0) is 16.1 Å². The first-order chi connectivity index (χ1) is 11.9. The first kappa shape index (κ1) is 17.8. The SMILES string of the molecule is CC1(C)CC(=O)N(Cc2ccccc2)C1C(=O)/C(C#N)=C1\CCSC1. The number of rotatable bonds is 4. The number of amides is 1. The summed E-state index contributed by atoms with van der Waals surface area (Å²) in [7, 11) is 0. The molecular weight excluding hydrogens is 332 g/mol. The predicted octanol–water partition coefficient (Wildman–Crippen LogP) is 3.34. The zero-order valence-corrected chi connectivity index (χ0v) is 15.4. The second-order valence-corrected chi connectivity index (χ2v) is 8.44. The maximum atomic E-state index is 13.2. The van der Waals surface area contributed by atoms with Crippen molar-refractivity contribution < 1.29 is 9.59 Å². The Morgan fingerprint density at radius 3 is 2.68 bits per heavy atom. The van der Waals surface area contributed by atoms with Crippen molar-refractivity contribution in [2.75, 3.05) is 11.5 Å². The number of thioether (sulfide) groups is 1. The minimum absolute atomic E-state index is 0.0183. The fourth-order valence-corrected chi connectivity index (χ4v) is 4.79. The lowest BCUT2D eigenvalue weighted by Crippen LogP contribution is -2.44. The van der Waals surface area contributed by atoms with Gasteiger partial charge < -0.3 is 4.90 Å². The van der Waals surface area contributed by atoms with Gasteiger partial charge in [0.2, 0.25) is 5.91 Å². The fourth-order valence-electron chi connectivity index (χ4n) is 3.72. The van der Waals surface area contributed by atoms with Crippen molar-refractivity contribution in [2.45, 2.75) is 39.3 Å². The zero-order valence-electron chi connectivity index (χ0n) is 14.6. The van der Waals surface area contributed by atoms with Crippen LogP contribution in [0.4, 0.5) is 0 Å². The maximum absolute atomic E-state index is 13.2. The molecule has 1 unspecified atom stereocenters. The molecule has 0 saturated carbocycles. The van der Waals surface area contributed by atoms with E-state index in [-0.39, 0.29) is 17.3 Å². The van der Waals surface area contributed by atoms with Crippen LogP contribution in [0.3, 0.4) is 0 Å². The zero-order chi connectivity index (χ0) is 18.0. The van der Waals surface area contributed by atoms with E-state index >= 15 is 0 Å². The Labute approximate surface area is 152 Å². The summed E-state index contributed by atoms with van der Waals surface area (Å²) in [6, 6.07) is 11.3. The summed E-state index contributed by atoms with van der Waals surface area (Å²) >= 11 is 1.75. The highest BCUT2D eigenvalue weighted by Crippen LogP contribution is 2.40. The van der Waals surface area contributed by atoms with Crippen molar-refractivity contribution in [1.29, 1.82) is 5.26 Å². The predicted molar refractivity (Wildman–Crippen MR) is 98.8 cm³/mol. The van der Waals surface area contributed by atoms with Gasteiger partial charge in [0.25, 0.3) is 0 Å². The second kappa shape index (κ2) is 7.05. The van der Waals surface area contributed by atoms with E-state index in [2.05, 4.69) is 6.07 Å². The number of hydrogen-bond acceptors (Lipinski definition) is 4. The molecule has 1 aromatic rings. The second-order valence-electron chi connectivity index (χ2n) is 7.33. The van der Waals surface area contributed by atoms with Crippen LogP contribution < -0.4 is 0 Å². The Balaban J connectivity index is 1.95. The molecule has 1 aromatic carbocycles.